The van der Waals surface area contributed by atoms with Gasteiger partial charge in [0.25, 0.3) is 6.01 Å². The molecule has 0 aliphatic rings. The summed E-state index contributed by atoms with van der Waals surface area (Å²) in [5.41, 5.74) is 5.55. The number of carboxylic acids is 1. The van der Waals surface area contributed by atoms with Crippen molar-refractivity contribution in [2.45, 2.75) is 13.8 Å². The lowest BCUT2D eigenvalue weighted by molar-refractivity contribution is -0.125. The van der Waals surface area contributed by atoms with E-state index in [-0.39, 0.29) is 18.1 Å². The number of benzene rings is 1. The van der Waals surface area contributed by atoms with E-state index >= 15 is 0 Å². The summed E-state index contributed by atoms with van der Waals surface area (Å²) >= 11 is 0. The van der Waals surface area contributed by atoms with Crippen molar-refractivity contribution in [2.75, 3.05) is 11.9 Å². The average Bonchev–Trinajstić information content (AvgIpc) is 2.77. The molecule has 1 aromatic heterocycles. The van der Waals surface area contributed by atoms with E-state index in [9.17, 15) is 9.59 Å². The molecule has 0 fully saturated rings. The van der Waals surface area contributed by atoms with Gasteiger partial charge in [-0.25, -0.2) is 4.79 Å². The number of carbonyl (C=O) groups is 2. The molecular weight excluding hydrogens is 262 g/mol. The fourth-order valence-electron chi connectivity index (χ4n) is 1.52. The predicted molar refractivity (Wildman–Crippen MR) is 72.4 cm³/mol. The van der Waals surface area contributed by atoms with Crippen LogP contribution in [-0.4, -0.2) is 28.5 Å². The average molecular weight is 277 g/mol. The lowest BCUT2D eigenvalue weighted by Gasteiger charge is -2.19. The molecule has 0 atom stereocenters. The minimum absolute atomic E-state index is 0.123. The Bertz CT molecular complexity index is 675. The highest BCUT2D eigenvalue weighted by Crippen LogP contribution is 2.22. The van der Waals surface area contributed by atoms with Gasteiger partial charge in [-0.15, -0.1) is 0 Å². The number of oxazole rings is 1. The molecule has 0 saturated carbocycles. The molecular formula is C13H15N3O4. The number of primary amides is 1. The van der Waals surface area contributed by atoms with Crippen molar-refractivity contribution >= 4 is 29.0 Å². The van der Waals surface area contributed by atoms with Crippen molar-refractivity contribution < 1.29 is 19.1 Å². The number of hydrogen-bond donors (Lipinski definition) is 3. The quantitative estimate of drug-likeness (QED) is 0.761. The summed E-state index contributed by atoms with van der Waals surface area (Å²) in [5, 5.41) is 11.8. The molecule has 1 amide bonds. The van der Waals surface area contributed by atoms with E-state index in [0.29, 0.717) is 11.1 Å². The summed E-state index contributed by atoms with van der Waals surface area (Å²) in [4.78, 5) is 26.2. The Labute approximate surface area is 114 Å². The van der Waals surface area contributed by atoms with Crippen LogP contribution in [0.5, 0.6) is 0 Å². The monoisotopic (exact) mass is 277 g/mol. The fourth-order valence-corrected chi connectivity index (χ4v) is 1.52. The molecule has 2 rings (SSSR count). The third kappa shape index (κ3) is 2.71. The summed E-state index contributed by atoms with van der Waals surface area (Å²) in [6, 6.07) is 4.63. The number of amides is 1. The van der Waals surface area contributed by atoms with Crippen LogP contribution in [-0.2, 0) is 4.79 Å². The lowest BCUT2D eigenvalue weighted by Crippen LogP contribution is -2.37. The number of carboxylic acid groups (broad SMARTS) is 1. The summed E-state index contributed by atoms with van der Waals surface area (Å²) in [5.74, 6) is -1.47. The molecule has 1 aromatic carbocycles. The summed E-state index contributed by atoms with van der Waals surface area (Å²) in [7, 11) is 0. The Morgan fingerprint density at radius 3 is 2.75 bits per heavy atom. The van der Waals surface area contributed by atoms with E-state index in [4.69, 9.17) is 15.3 Å². The number of aromatic nitrogens is 1. The van der Waals surface area contributed by atoms with Crippen molar-refractivity contribution in [3.63, 3.8) is 0 Å². The topological polar surface area (TPSA) is 118 Å². The van der Waals surface area contributed by atoms with Crippen molar-refractivity contribution in [1.29, 1.82) is 0 Å². The molecule has 0 saturated heterocycles. The molecule has 7 nitrogen and oxygen atoms in total. The van der Waals surface area contributed by atoms with Crippen LogP contribution in [0, 0.1) is 5.41 Å². The Morgan fingerprint density at radius 1 is 1.45 bits per heavy atom. The van der Waals surface area contributed by atoms with Crippen LogP contribution in [0.25, 0.3) is 11.1 Å². The molecule has 1 heterocycles. The highest BCUT2D eigenvalue weighted by atomic mass is 16.4. The van der Waals surface area contributed by atoms with Crippen LogP contribution in [0.15, 0.2) is 22.6 Å². The van der Waals surface area contributed by atoms with Crippen molar-refractivity contribution in [3.05, 3.63) is 23.8 Å². The second kappa shape index (κ2) is 4.84. The largest absolute Gasteiger partial charge is 0.478 e. The van der Waals surface area contributed by atoms with Gasteiger partial charge in [-0.1, -0.05) is 0 Å². The predicted octanol–water partition coefficient (Wildman–Crippen LogP) is 1.45. The van der Waals surface area contributed by atoms with Crippen molar-refractivity contribution in [3.8, 4) is 0 Å². The first-order valence-electron chi connectivity index (χ1n) is 5.97. The number of fused-ring (bicyclic) bond motifs is 1. The van der Waals surface area contributed by atoms with E-state index in [1.54, 1.807) is 19.9 Å². The number of carbonyl (C=O) groups excluding carboxylic acids is 1. The molecule has 0 radical (unpaired) electrons. The molecule has 20 heavy (non-hydrogen) atoms. The van der Waals surface area contributed by atoms with Gasteiger partial charge < -0.3 is 20.6 Å². The zero-order valence-corrected chi connectivity index (χ0v) is 11.1. The first-order valence-corrected chi connectivity index (χ1v) is 5.97. The van der Waals surface area contributed by atoms with Crippen LogP contribution in [0.4, 0.5) is 6.01 Å². The molecule has 7 heteroatoms. The van der Waals surface area contributed by atoms with Crippen LogP contribution in [0.3, 0.4) is 0 Å². The molecule has 2 aromatic rings. The second-order valence-electron chi connectivity index (χ2n) is 5.11. The van der Waals surface area contributed by atoms with Crippen molar-refractivity contribution in [2.24, 2.45) is 11.1 Å². The Hall–Kier alpha value is -2.57. The SMILES string of the molecule is CC(C)(CNc1nc2ccc(C(=O)O)cc2o1)C(N)=O. The number of hydrogen-bond acceptors (Lipinski definition) is 5. The standard InChI is InChI=1S/C13H15N3O4/c1-13(2,11(14)19)6-15-12-16-8-4-3-7(10(17)18)5-9(8)20-12/h3-5H,6H2,1-2H3,(H2,14,19)(H,15,16)(H,17,18). The maximum atomic E-state index is 11.2. The van der Waals surface area contributed by atoms with Crippen LogP contribution >= 0.6 is 0 Å². The highest BCUT2D eigenvalue weighted by Gasteiger charge is 2.25. The first-order chi connectivity index (χ1) is 9.29. The van der Waals surface area contributed by atoms with E-state index in [1.165, 1.54) is 12.1 Å². The van der Waals surface area contributed by atoms with Gasteiger partial charge in [0.05, 0.1) is 11.0 Å². The summed E-state index contributed by atoms with van der Waals surface area (Å²) in [6.07, 6.45) is 0. The third-order valence-electron chi connectivity index (χ3n) is 2.98. The maximum Gasteiger partial charge on any atom is 0.335 e. The fraction of sp³-hybridized carbons (Fsp3) is 0.308. The zero-order valence-electron chi connectivity index (χ0n) is 11.1. The minimum Gasteiger partial charge on any atom is -0.478 e. The number of nitrogens with two attached hydrogens (primary N) is 1. The van der Waals surface area contributed by atoms with Gasteiger partial charge in [-0.2, -0.15) is 4.98 Å². The molecule has 106 valence electrons. The Balaban J connectivity index is 2.20. The van der Waals surface area contributed by atoms with Gasteiger partial charge in [-0.05, 0) is 32.0 Å². The van der Waals surface area contributed by atoms with Gasteiger partial charge in [0.2, 0.25) is 5.91 Å². The number of nitrogens with zero attached hydrogens (tertiary/aromatic N) is 1. The molecule has 0 bridgehead atoms. The molecule has 0 aliphatic heterocycles. The van der Waals surface area contributed by atoms with Gasteiger partial charge >= 0.3 is 5.97 Å². The number of rotatable bonds is 5. The van der Waals surface area contributed by atoms with Gasteiger partial charge in [0.15, 0.2) is 5.58 Å². The highest BCUT2D eigenvalue weighted by molar-refractivity contribution is 5.92. The maximum absolute atomic E-state index is 11.2. The van der Waals surface area contributed by atoms with Gasteiger partial charge in [0.1, 0.15) is 5.52 Å². The van der Waals surface area contributed by atoms with E-state index < -0.39 is 17.3 Å². The van der Waals surface area contributed by atoms with Gasteiger partial charge in [0, 0.05) is 6.54 Å². The smallest absolute Gasteiger partial charge is 0.335 e. The van der Waals surface area contributed by atoms with E-state index in [1.807, 2.05) is 0 Å². The second-order valence-corrected chi connectivity index (χ2v) is 5.11. The number of nitrogens with one attached hydrogen (secondary N) is 1. The number of aromatic carboxylic acids is 1. The summed E-state index contributed by atoms with van der Waals surface area (Å²) in [6.45, 7) is 3.67. The van der Waals surface area contributed by atoms with Crippen LogP contribution in [0.2, 0.25) is 0 Å². The molecule has 0 aliphatic carbocycles. The van der Waals surface area contributed by atoms with Crippen LogP contribution in [0.1, 0.15) is 24.2 Å². The molecule has 0 spiro atoms. The zero-order chi connectivity index (χ0) is 14.9. The Morgan fingerprint density at radius 2 is 2.15 bits per heavy atom. The Kier molecular flexibility index (Phi) is 3.35. The molecule has 4 N–H and O–H groups in total. The van der Waals surface area contributed by atoms with E-state index in [2.05, 4.69) is 10.3 Å². The van der Waals surface area contributed by atoms with Crippen molar-refractivity contribution in [1.82, 2.24) is 4.98 Å². The van der Waals surface area contributed by atoms with Crippen LogP contribution < -0.4 is 11.1 Å². The minimum atomic E-state index is -1.03. The normalized spacial score (nSPS) is 11.5. The summed E-state index contributed by atoms with van der Waals surface area (Å²) < 4.78 is 5.40. The molecule has 0 unspecified atom stereocenters. The lowest BCUT2D eigenvalue weighted by atomic mass is 9.93. The van der Waals surface area contributed by atoms with E-state index in [0.717, 1.165) is 0 Å². The third-order valence-corrected chi connectivity index (χ3v) is 2.98. The first kappa shape index (κ1) is 13.9. The number of anilines is 1. The van der Waals surface area contributed by atoms with Gasteiger partial charge in [-0.3, -0.25) is 4.79 Å².